The Balaban J connectivity index is 1.87. The number of aromatic hydroxyl groups is 1. The number of hydrogen-bond acceptors (Lipinski definition) is 4. The molecule has 1 heterocycles. The van der Waals surface area contributed by atoms with Crippen LogP contribution in [0.1, 0.15) is 22.7 Å². The van der Waals surface area contributed by atoms with E-state index in [1.165, 1.54) is 5.56 Å². The highest BCUT2D eigenvalue weighted by Gasteiger charge is 2.26. The minimum atomic E-state index is -0.0758. The van der Waals surface area contributed by atoms with Gasteiger partial charge in [0, 0.05) is 17.5 Å². The van der Waals surface area contributed by atoms with Crippen molar-refractivity contribution in [3.8, 4) is 17.2 Å². The monoisotopic (exact) mass is 335 g/mol. The predicted molar refractivity (Wildman–Crippen MR) is 98.7 cm³/mol. The van der Waals surface area contributed by atoms with Gasteiger partial charge in [0.05, 0.1) is 20.3 Å². The molecule has 1 aliphatic rings. The van der Waals surface area contributed by atoms with Gasteiger partial charge in [-0.25, -0.2) is 0 Å². The number of rotatable bonds is 3. The number of nitrogens with one attached hydrogen (secondary N) is 1. The summed E-state index contributed by atoms with van der Waals surface area (Å²) in [7, 11) is 3.29. The molecule has 0 spiro atoms. The lowest BCUT2D eigenvalue weighted by molar-refractivity contribution is 0.352. The van der Waals surface area contributed by atoms with E-state index >= 15 is 0 Å². The average molecular weight is 335 g/mol. The van der Waals surface area contributed by atoms with Crippen LogP contribution in [0.25, 0.3) is 10.8 Å². The first kappa shape index (κ1) is 15.8. The van der Waals surface area contributed by atoms with Gasteiger partial charge in [-0.15, -0.1) is 0 Å². The molecule has 0 amide bonds. The number of phenolic OH excluding ortho intramolecular Hbond substituents is 1. The van der Waals surface area contributed by atoms with Crippen LogP contribution in [0.5, 0.6) is 17.2 Å². The number of fused-ring (bicyclic) bond motifs is 2. The maximum absolute atomic E-state index is 10.9. The molecule has 4 heteroatoms. The van der Waals surface area contributed by atoms with E-state index in [1.807, 2.05) is 42.5 Å². The summed E-state index contributed by atoms with van der Waals surface area (Å²) in [6.07, 6.45) is 0.917. The lowest BCUT2D eigenvalue weighted by atomic mass is 9.88. The summed E-state index contributed by atoms with van der Waals surface area (Å²) in [5, 5.41) is 16.3. The van der Waals surface area contributed by atoms with E-state index in [0.29, 0.717) is 11.5 Å². The molecule has 0 saturated heterocycles. The van der Waals surface area contributed by atoms with E-state index in [4.69, 9.17) is 9.47 Å². The van der Waals surface area contributed by atoms with Gasteiger partial charge in [0.15, 0.2) is 11.5 Å². The molecule has 3 aromatic rings. The molecule has 25 heavy (non-hydrogen) atoms. The third kappa shape index (κ3) is 2.59. The van der Waals surface area contributed by atoms with E-state index in [2.05, 4.69) is 11.4 Å². The Morgan fingerprint density at radius 2 is 1.72 bits per heavy atom. The molecule has 0 aliphatic carbocycles. The highest BCUT2D eigenvalue weighted by atomic mass is 16.5. The largest absolute Gasteiger partial charge is 0.507 e. The van der Waals surface area contributed by atoms with Crippen LogP contribution in [0.4, 0.5) is 0 Å². The van der Waals surface area contributed by atoms with Crippen molar-refractivity contribution >= 4 is 10.8 Å². The Morgan fingerprint density at radius 3 is 2.52 bits per heavy atom. The van der Waals surface area contributed by atoms with Crippen molar-refractivity contribution in [2.75, 3.05) is 20.8 Å². The fourth-order valence-electron chi connectivity index (χ4n) is 3.67. The zero-order valence-electron chi connectivity index (χ0n) is 14.4. The van der Waals surface area contributed by atoms with Crippen LogP contribution in [0.3, 0.4) is 0 Å². The van der Waals surface area contributed by atoms with E-state index in [9.17, 15) is 5.11 Å². The molecule has 4 rings (SSSR count). The van der Waals surface area contributed by atoms with Gasteiger partial charge in [-0.05, 0) is 35.1 Å². The molecule has 1 atom stereocenters. The van der Waals surface area contributed by atoms with Crippen molar-refractivity contribution in [3.05, 3.63) is 65.2 Å². The topological polar surface area (TPSA) is 50.7 Å². The van der Waals surface area contributed by atoms with E-state index in [0.717, 1.165) is 40.6 Å². The first-order chi connectivity index (χ1) is 12.2. The predicted octanol–water partition coefficient (Wildman–Crippen LogP) is 3.80. The zero-order chi connectivity index (χ0) is 17.4. The number of ether oxygens (including phenoxy) is 2. The van der Waals surface area contributed by atoms with Crippen LogP contribution in [-0.4, -0.2) is 25.9 Å². The quantitative estimate of drug-likeness (QED) is 0.764. The van der Waals surface area contributed by atoms with Crippen LogP contribution >= 0.6 is 0 Å². The third-order valence-corrected chi connectivity index (χ3v) is 4.94. The second-order valence-corrected chi connectivity index (χ2v) is 6.27. The van der Waals surface area contributed by atoms with Crippen molar-refractivity contribution in [1.29, 1.82) is 0 Å². The van der Waals surface area contributed by atoms with Crippen LogP contribution in [0, 0.1) is 0 Å². The maximum atomic E-state index is 10.9. The molecule has 0 fully saturated rings. The van der Waals surface area contributed by atoms with Gasteiger partial charge < -0.3 is 19.9 Å². The molecule has 0 aromatic heterocycles. The standard InChI is InChI=1S/C21H21NO3/c1-24-18-11-14-9-10-22-20(17(14)12-19(18)25-2)16-8-7-13-5-3-4-6-15(13)21(16)23/h3-8,11-12,20,22-23H,9-10H2,1-2H3. The Kier molecular flexibility index (Phi) is 3.98. The molecule has 128 valence electrons. The van der Waals surface area contributed by atoms with Crippen molar-refractivity contribution < 1.29 is 14.6 Å². The molecule has 3 aromatic carbocycles. The van der Waals surface area contributed by atoms with Crippen LogP contribution < -0.4 is 14.8 Å². The number of phenols is 1. The zero-order valence-corrected chi connectivity index (χ0v) is 14.4. The van der Waals surface area contributed by atoms with Gasteiger partial charge >= 0.3 is 0 Å². The summed E-state index contributed by atoms with van der Waals surface area (Å²) in [6.45, 7) is 0.847. The molecular weight excluding hydrogens is 314 g/mol. The first-order valence-electron chi connectivity index (χ1n) is 8.41. The van der Waals surface area contributed by atoms with Gasteiger partial charge in [-0.2, -0.15) is 0 Å². The average Bonchev–Trinajstić information content (AvgIpc) is 2.67. The lowest BCUT2D eigenvalue weighted by Crippen LogP contribution is -2.30. The normalized spacial score (nSPS) is 16.5. The Labute approximate surface area is 147 Å². The molecule has 4 nitrogen and oxygen atoms in total. The maximum Gasteiger partial charge on any atom is 0.161 e. The first-order valence-corrected chi connectivity index (χ1v) is 8.41. The van der Waals surface area contributed by atoms with Gasteiger partial charge in [-0.3, -0.25) is 0 Å². The van der Waals surface area contributed by atoms with Gasteiger partial charge in [0.2, 0.25) is 0 Å². The summed E-state index contributed by atoms with van der Waals surface area (Å²) in [4.78, 5) is 0. The van der Waals surface area contributed by atoms with Gasteiger partial charge in [0.1, 0.15) is 5.75 Å². The fourth-order valence-corrected chi connectivity index (χ4v) is 3.67. The van der Waals surface area contributed by atoms with Crippen LogP contribution in [0.2, 0.25) is 0 Å². The smallest absolute Gasteiger partial charge is 0.161 e. The highest BCUT2D eigenvalue weighted by Crippen LogP contribution is 2.41. The lowest BCUT2D eigenvalue weighted by Gasteiger charge is -2.29. The highest BCUT2D eigenvalue weighted by molar-refractivity contribution is 5.89. The number of methoxy groups -OCH3 is 2. The SMILES string of the molecule is COc1cc2c(cc1OC)C(c1ccc3ccccc3c1O)NCC2. The molecule has 0 saturated carbocycles. The number of benzene rings is 3. The third-order valence-electron chi connectivity index (χ3n) is 4.94. The summed E-state index contributed by atoms with van der Waals surface area (Å²) >= 11 is 0. The van der Waals surface area contributed by atoms with Gasteiger partial charge in [-0.1, -0.05) is 36.4 Å². The van der Waals surface area contributed by atoms with Crippen LogP contribution in [0.15, 0.2) is 48.5 Å². The van der Waals surface area contributed by atoms with Crippen molar-refractivity contribution in [2.24, 2.45) is 0 Å². The molecule has 1 unspecified atom stereocenters. The minimum Gasteiger partial charge on any atom is -0.507 e. The van der Waals surface area contributed by atoms with E-state index < -0.39 is 0 Å². The minimum absolute atomic E-state index is 0.0758. The van der Waals surface area contributed by atoms with Crippen LogP contribution in [-0.2, 0) is 6.42 Å². The summed E-state index contributed by atoms with van der Waals surface area (Å²) < 4.78 is 10.9. The fraction of sp³-hybridized carbons (Fsp3) is 0.238. The summed E-state index contributed by atoms with van der Waals surface area (Å²) in [6, 6.07) is 15.9. The molecular formula is C21H21NO3. The Bertz CT molecular complexity index is 936. The van der Waals surface area contributed by atoms with E-state index in [-0.39, 0.29) is 6.04 Å². The Hall–Kier alpha value is -2.72. The second-order valence-electron chi connectivity index (χ2n) is 6.27. The summed E-state index contributed by atoms with van der Waals surface area (Å²) in [5.41, 5.74) is 3.22. The molecule has 1 aliphatic heterocycles. The second kappa shape index (κ2) is 6.30. The summed E-state index contributed by atoms with van der Waals surface area (Å²) in [5.74, 6) is 1.78. The molecule has 0 bridgehead atoms. The van der Waals surface area contributed by atoms with Crippen molar-refractivity contribution in [3.63, 3.8) is 0 Å². The molecule has 2 N–H and O–H groups in total. The Morgan fingerprint density at radius 1 is 0.960 bits per heavy atom. The number of hydrogen-bond donors (Lipinski definition) is 2. The van der Waals surface area contributed by atoms with Crippen molar-refractivity contribution in [2.45, 2.75) is 12.5 Å². The molecule has 0 radical (unpaired) electrons. The van der Waals surface area contributed by atoms with E-state index in [1.54, 1.807) is 14.2 Å². The van der Waals surface area contributed by atoms with Gasteiger partial charge in [0.25, 0.3) is 0 Å². The van der Waals surface area contributed by atoms with Crippen molar-refractivity contribution in [1.82, 2.24) is 5.32 Å².